The van der Waals surface area contributed by atoms with Gasteiger partial charge in [-0.15, -0.1) is 11.3 Å². The zero-order valence-electron chi connectivity index (χ0n) is 16.5. The quantitative estimate of drug-likeness (QED) is 0.264. The largest absolute Gasteiger partial charge is 0.477 e. The number of nitro groups is 1. The summed E-state index contributed by atoms with van der Waals surface area (Å²) in [5.41, 5.74) is 2.82. The molecule has 0 atom stereocenters. The van der Waals surface area contributed by atoms with Gasteiger partial charge < -0.3 is 10.1 Å². The number of para-hydroxylation sites is 2. The van der Waals surface area contributed by atoms with Crippen molar-refractivity contribution in [3.05, 3.63) is 93.3 Å². The van der Waals surface area contributed by atoms with Gasteiger partial charge in [0.2, 0.25) is 0 Å². The molecular formula is C23H16ClN3O4S. The Morgan fingerprint density at radius 3 is 2.69 bits per heavy atom. The molecule has 0 bridgehead atoms. The van der Waals surface area contributed by atoms with Crippen molar-refractivity contribution in [3.8, 4) is 27.6 Å². The first-order valence-electron chi connectivity index (χ1n) is 9.48. The fourth-order valence-corrected chi connectivity index (χ4v) is 4.14. The van der Waals surface area contributed by atoms with Gasteiger partial charge in [-0.25, -0.2) is 4.98 Å². The van der Waals surface area contributed by atoms with E-state index >= 15 is 0 Å². The molecule has 1 amide bonds. The summed E-state index contributed by atoms with van der Waals surface area (Å²) in [6.45, 7) is -0.359. The molecule has 0 aliphatic rings. The van der Waals surface area contributed by atoms with Crippen LogP contribution in [0.4, 0.5) is 11.4 Å². The number of nitrogens with zero attached hydrogens (tertiary/aromatic N) is 2. The monoisotopic (exact) mass is 465 g/mol. The van der Waals surface area contributed by atoms with Crippen LogP contribution in [0.25, 0.3) is 21.8 Å². The maximum atomic E-state index is 12.3. The van der Waals surface area contributed by atoms with E-state index in [-0.39, 0.29) is 18.0 Å². The second kappa shape index (κ2) is 9.59. The first kappa shape index (κ1) is 21.5. The number of hydrogen-bond donors (Lipinski definition) is 1. The summed E-state index contributed by atoms with van der Waals surface area (Å²) >= 11 is 7.75. The molecule has 32 heavy (non-hydrogen) atoms. The predicted molar refractivity (Wildman–Crippen MR) is 125 cm³/mol. The number of hydrogen-bond acceptors (Lipinski definition) is 6. The number of nitrogens with one attached hydrogen (secondary N) is 1. The number of amides is 1. The zero-order chi connectivity index (χ0) is 22.5. The van der Waals surface area contributed by atoms with Crippen molar-refractivity contribution in [2.45, 2.75) is 0 Å². The van der Waals surface area contributed by atoms with Gasteiger partial charge >= 0.3 is 5.69 Å². The van der Waals surface area contributed by atoms with E-state index in [9.17, 15) is 14.9 Å². The Hall–Kier alpha value is -3.75. The van der Waals surface area contributed by atoms with E-state index in [1.54, 1.807) is 18.2 Å². The lowest BCUT2D eigenvalue weighted by molar-refractivity contribution is -0.385. The van der Waals surface area contributed by atoms with Gasteiger partial charge in [0.25, 0.3) is 5.91 Å². The maximum Gasteiger partial charge on any atom is 0.310 e. The van der Waals surface area contributed by atoms with Crippen LogP contribution in [-0.4, -0.2) is 22.4 Å². The molecule has 1 heterocycles. The van der Waals surface area contributed by atoms with Gasteiger partial charge in [0.15, 0.2) is 12.4 Å². The highest BCUT2D eigenvalue weighted by atomic mass is 35.5. The summed E-state index contributed by atoms with van der Waals surface area (Å²) in [5.74, 6) is -0.397. The molecule has 0 saturated heterocycles. The van der Waals surface area contributed by atoms with Crippen LogP contribution < -0.4 is 10.1 Å². The first-order valence-corrected chi connectivity index (χ1v) is 10.7. The number of nitro benzene ring substituents is 1. The van der Waals surface area contributed by atoms with Crippen LogP contribution >= 0.6 is 22.9 Å². The summed E-state index contributed by atoms with van der Waals surface area (Å²) in [7, 11) is 0. The fourth-order valence-electron chi connectivity index (χ4n) is 2.99. The first-order chi connectivity index (χ1) is 15.5. The molecule has 0 spiro atoms. The molecule has 4 rings (SSSR count). The van der Waals surface area contributed by atoms with Crippen LogP contribution in [0.15, 0.2) is 78.2 Å². The van der Waals surface area contributed by atoms with Crippen LogP contribution in [0.5, 0.6) is 5.75 Å². The lowest BCUT2D eigenvalue weighted by Gasteiger charge is -2.08. The van der Waals surface area contributed by atoms with E-state index in [2.05, 4.69) is 10.3 Å². The molecule has 0 aliphatic carbocycles. The number of benzene rings is 3. The number of thiazole rings is 1. The molecule has 0 fully saturated rings. The van der Waals surface area contributed by atoms with Crippen LogP contribution in [-0.2, 0) is 4.79 Å². The van der Waals surface area contributed by atoms with Crippen LogP contribution in [0, 0.1) is 10.1 Å². The second-order valence-corrected chi connectivity index (χ2v) is 7.93. The molecule has 1 aromatic heterocycles. The van der Waals surface area contributed by atoms with Gasteiger partial charge in [0.05, 0.1) is 15.6 Å². The predicted octanol–water partition coefficient (Wildman–Crippen LogP) is 6.06. The lowest BCUT2D eigenvalue weighted by Crippen LogP contribution is -2.20. The third-order valence-electron chi connectivity index (χ3n) is 4.47. The van der Waals surface area contributed by atoms with Crippen molar-refractivity contribution in [3.63, 3.8) is 0 Å². The Morgan fingerprint density at radius 2 is 1.88 bits per heavy atom. The molecular weight excluding hydrogens is 450 g/mol. The van der Waals surface area contributed by atoms with E-state index < -0.39 is 10.8 Å². The van der Waals surface area contributed by atoms with Crippen molar-refractivity contribution < 1.29 is 14.5 Å². The smallest absolute Gasteiger partial charge is 0.310 e. The highest BCUT2D eigenvalue weighted by Crippen LogP contribution is 2.33. The van der Waals surface area contributed by atoms with Crippen molar-refractivity contribution in [2.24, 2.45) is 0 Å². The van der Waals surface area contributed by atoms with Gasteiger partial charge in [-0.2, -0.15) is 0 Å². The van der Waals surface area contributed by atoms with Crippen LogP contribution in [0.2, 0.25) is 5.02 Å². The van der Waals surface area contributed by atoms with E-state index in [1.807, 2.05) is 41.8 Å². The van der Waals surface area contributed by atoms with Crippen LogP contribution in [0.1, 0.15) is 0 Å². The molecule has 3 aromatic carbocycles. The molecule has 1 N–H and O–H groups in total. The van der Waals surface area contributed by atoms with E-state index in [1.165, 1.54) is 29.5 Å². The minimum atomic E-state index is -0.554. The van der Waals surface area contributed by atoms with Gasteiger partial charge in [-0.05, 0) is 24.3 Å². The van der Waals surface area contributed by atoms with Crippen LogP contribution in [0.3, 0.4) is 0 Å². The summed E-state index contributed by atoms with van der Waals surface area (Å²) in [6.07, 6.45) is 0. The second-order valence-electron chi connectivity index (χ2n) is 6.66. The molecule has 160 valence electrons. The maximum absolute atomic E-state index is 12.3. The summed E-state index contributed by atoms with van der Waals surface area (Å²) in [4.78, 5) is 27.5. The Morgan fingerprint density at radius 1 is 1.09 bits per heavy atom. The number of aromatic nitrogens is 1. The Kier molecular flexibility index (Phi) is 6.44. The van der Waals surface area contributed by atoms with Crippen molar-refractivity contribution >= 4 is 40.2 Å². The highest BCUT2D eigenvalue weighted by Gasteiger charge is 2.15. The minimum Gasteiger partial charge on any atom is -0.477 e. The molecule has 0 unspecified atom stereocenters. The Balaban J connectivity index is 1.44. The van der Waals surface area contributed by atoms with Gasteiger partial charge in [-0.3, -0.25) is 14.9 Å². The summed E-state index contributed by atoms with van der Waals surface area (Å²) < 4.78 is 5.33. The number of ether oxygens (including phenoxy) is 1. The van der Waals surface area contributed by atoms with E-state index in [0.29, 0.717) is 10.7 Å². The van der Waals surface area contributed by atoms with Gasteiger partial charge in [0, 0.05) is 28.3 Å². The van der Waals surface area contributed by atoms with E-state index in [4.69, 9.17) is 16.3 Å². The molecule has 4 aromatic rings. The Labute approximate surface area is 192 Å². The standard InChI is InChI=1S/C23H16ClN3O4S/c24-18-9-2-1-8-17(18)23-26-19(14-32-23)15-6-5-7-16(12-15)25-22(28)13-31-21-11-4-3-10-20(21)27(29)30/h1-12,14H,13H2,(H,25,28). The lowest BCUT2D eigenvalue weighted by atomic mass is 10.1. The zero-order valence-corrected chi connectivity index (χ0v) is 18.1. The number of anilines is 1. The third-order valence-corrected chi connectivity index (χ3v) is 5.68. The van der Waals surface area contributed by atoms with Crippen molar-refractivity contribution in [2.75, 3.05) is 11.9 Å². The molecule has 0 saturated carbocycles. The normalized spacial score (nSPS) is 10.5. The number of rotatable bonds is 7. The number of carbonyl (C=O) groups is 1. The SMILES string of the molecule is O=C(COc1ccccc1[N+](=O)[O-])Nc1cccc(-c2csc(-c3ccccc3Cl)n2)c1. The minimum absolute atomic E-state index is 0.0379. The number of halogens is 1. The molecule has 9 heteroatoms. The van der Waals surface area contributed by atoms with Crippen molar-refractivity contribution in [1.29, 1.82) is 0 Å². The topological polar surface area (TPSA) is 94.4 Å². The molecule has 0 radical (unpaired) electrons. The average Bonchev–Trinajstić information content (AvgIpc) is 3.28. The third kappa shape index (κ3) is 4.93. The Bertz CT molecular complexity index is 1290. The summed E-state index contributed by atoms with van der Waals surface area (Å²) in [6, 6.07) is 20.7. The fraction of sp³-hybridized carbons (Fsp3) is 0.0435. The van der Waals surface area contributed by atoms with E-state index in [0.717, 1.165) is 21.8 Å². The highest BCUT2D eigenvalue weighted by molar-refractivity contribution is 7.13. The average molecular weight is 466 g/mol. The number of carbonyl (C=O) groups excluding carboxylic acids is 1. The molecule has 7 nitrogen and oxygen atoms in total. The van der Waals surface area contributed by atoms with Gasteiger partial charge in [0.1, 0.15) is 5.01 Å². The van der Waals surface area contributed by atoms with Gasteiger partial charge in [-0.1, -0.05) is 54.1 Å². The van der Waals surface area contributed by atoms with Crippen molar-refractivity contribution in [1.82, 2.24) is 4.98 Å². The molecule has 0 aliphatic heterocycles. The summed E-state index contributed by atoms with van der Waals surface area (Å²) in [5, 5.41) is 17.2.